The van der Waals surface area contributed by atoms with Crippen LogP contribution in [0.15, 0.2) is 36.7 Å². The Morgan fingerprint density at radius 2 is 2.10 bits per heavy atom. The minimum Gasteiger partial charge on any atom is -0.319 e. The maximum atomic E-state index is 12.1. The average molecular weight is 267 g/mol. The molecule has 2 heterocycles. The lowest BCUT2D eigenvalue weighted by Gasteiger charge is -2.05. The number of nitrogens with zero attached hydrogens (tertiary/aromatic N) is 4. The second kappa shape index (κ2) is 4.73. The molecule has 0 aliphatic heterocycles. The van der Waals surface area contributed by atoms with Crippen molar-refractivity contribution in [1.82, 2.24) is 19.6 Å². The van der Waals surface area contributed by atoms with Gasteiger partial charge in [0.2, 0.25) is 5.82 Å². The van der Waals surface area contributed by atoms with Gasteiger partial charge in [0.1, 0.15) is 0 Å². The third-order valence-electron chi connectivity index (χ3n) is 3.08. The van der Waals surface area contributed by atoms with Crippen LogP contribution < -0.4 is 5.32 Å². The van der Waals surface area contributed by atoms with E-state index in [0.29, 0.717) is 5.78 Å². The van der Waals surface area contributed by atoms with Crippen LogP contribution in [0.25, 0.3) is 5.78 Å². The van der Waals surface area contributed by atoms with Crippen molar-refractivity contribution in [2.45, 2.75) is 13.8 Å². The van der Waals surface area contributed by atoms with Gasteiger partial charge in [-0.05, 0) is 43.2 Å². The Morgan fingerprint density at radius 3 is 2.85 bits per heavy atom. The van der Waals surface area contributed by atoms with Crippen LogP contribution in [-0.2, 0) is 0 Å². The number of hydrogen-bond acceptors (Lipinski definition) is 4. The highest BCUT2D eigenvalue weighted by molar-refractivity contribution is 6.01. The van der Waals surface area contributed by atoms with Gasteiger partial charge in [-0.2, -0.15) is 4.98 Å². The molecule has 3 rings (SSSR count). The highest BCUT2D eigenvalue weighted by Crippen LogP contribution is 2.14. The van der Waals surface area contributed by atoms with Crippen LogP contribution in [0.1, 0.15) is 21.7 Å². The van der Waals surface area contributed by atoms with E-state index in [2.05, 4.69) is 20.4 Å². The van der Waals surface area contributed by atoms with Crippen molar-refractivity contribution >= 4 is 17.4 Å². The van der Waals surface area contributed by atoms with E-state index >= 15 is 0 Å². The Bertz CT molecular complexity index is 760. The molecule has 0 unspecified atom stereocenters. The first kappa shape index (κ1) is 12.3. The summed E-state index contributed by atoms with van der Waals surface area (Å²) in [5.74, 6) is 0.151. The number of anilines is 1. The molecular formula is C14H13N5O. The van der Waals surface area contributed by atoms with Gasteiger partial charge in [0.05, 0.1) is 0 Å². The van der Waals surface area contributed by atoms with Crippen molar-refractivity contribution < 1.29 is 4.79 Å². The third kappa shape index (κ3) is 2.23. The van der Waals surface area contributed by atoms with Crippen LogP contribution >= 0.6 is 0 Å². The van der Waals surface area contributed by atoms with Crippen LogP contribution in [-0.4, -0.2) is 25.5 Å². The van der Waals surface area contributed by atoms with Crippen molar-refractivity contribution in [2.75, 3.05) is 5.32 Å². The fourth-order valence-electron chi connectivity index (χ4n) is 1.84. The topological polar surface area (TPSA) is 72.2 Å². The monoisotopic (exact) mass is 267 g/mol. The average Bonchev–Trinajstić information content (AvgIpc) is 2.87. The summed E-state index contributed by atoms with van der Waals surface area (Å²) in [6.45, 7) is 4.02. The first-order valence-corrected chi connectivity index (χ1v) is 6.19. The van der Waals surface area contributed by atoms with Crippen LogP contribution in [0.2, 0.25) is 0 Å². The second-order valence-corrected chi connectivity index (χ2v) is 4.55. The van der Waals surface area contributed by atoms with Crippen molar-refractivity contribution in [3.05, 3.63) is 53.6 Å². The molecule has 0 saturated carbocycles. The van der Waals surface area contributed by atoms with Gasteiger partial charge in [-0.15, -0.1) is 5.10 Å². The molecule has 0 atom stereocenters. The van der Waals surface area contributed by atoms with Gasteiger partial charge in [0, 0.05) is 18.1 Å². The summed E-state index contributed by atoms with van der Waals surface area (Å²) >= 11 is 0. The highest BCUT2D eigenvalue weighted by atomic mass is 16.2. The van der Waals surface area contributed by atoms with Gasteiger partial charge in [-0.3, -0.25) is 4.79 Å². The number of fused-ring (bicyclic) bond motifs is 1. The summed E-state index contributed by atoms with van der Waals surface area (Å²) in [6, 6.07) is 7.46. The third-order valence-corrected chi connectivity index (χ3v) is 3.08. The van der Waals surface area contributed by atoms with Gasteiger partial charge < -0.3 is 5.32 Å². The summed E-state index contributed by atoms with van der Waals surface area (Å²) in [5, 5.41) is 6.86. The standard InChI is InChI=1S/C14H13N5O/c1-9-4-5-11(8-10(9)2)16-13(20)12-17-14-15-6-3-7-19(14)18-12/h3-8H,1-2H3,(H,16,20). The largest absolute Gasteiger partial charge is 0.319 e. The van der Waals surface area contributed by atoms with Crippen LogP contribution in [0.4, 0.5) is 5.69 Å². The molecule has 0 bridgehead atoms. The molecule has 0 aliphatic rings. The summed E-state index contributed by atoms with van der Waals surface area (Å²) in [4.78, 5) is 20.2. The first-order valence-electron chi connectivity index (χ1n) is 6.19. The van der Waals surface area contributed by atoms with Gasteiger partial charge >= 0.3 is 0 Å². The van der Waals surface area contributed by atoms with Crippen molar-refractivity contribution in [3.8, 4) is 0 Å². The van der Waals surface area contributed by atoms with E-state index < -0.39 is 0 Å². The number of aryl methyl sites for hydroxylation is 2. The maximum Gasteiger partial charge on any atom is 0.295 e. The number of hydrogen-bond donors (Lipinski definition) is 1. The van der Waals surface area contributed by atoms with Gasteiger partial charge in [-0.25, -0.2) is 9.50 Å². The molecule has 20 heavy (non-hydrogen) atoms. The molecule has 1 N–H and O–H groups in total. The van der Waals surface area contributed by atoms with E-state index in [-0.39, 0.29) is 11.7 Å². The maximum absolute atomic E-state index is 12.1. The van der Waals surface area contributed by atoms with E-state index in [9.17, 15) is 4.79 Å². The molecular weight excluding hydrogens is 254 g/mol. The Morgan fingerprint density at radius 1 is 1.25 bits per heavy atom. The smallest absolute Gasteiger partial charge is 0.295 e. The number of carbonyl (C=O) groups excluding carboxylic acids is 1. The Hall–Kier alpha value is -2.76. The fraction of sp³-hybridized carbons (Fsp3) is 0.143. The second-order valence-electron chi connectivity index (χ2n) is 4.55. The van der Waals surface area contributed by atoms with E-state index in [1.807, 2.05) is 32.0 Å². The van der Waals surface area contributed by atoms with Crippen molar-refractivity contribution in [2.24, 2.45) is 0 Å². The molecule has 0 spiro atoms. The number of carbonyl (C=O) groups is 1. The number of nitrogens with one attached hydrogen (secondary N) is 1. The zero-order chi connectivity index (χ0) is 14.1. The number of rotatable bonds is 2. The Labute approximate surface area is 115 Å². The van der Waals surface area contributed by atoms with Gasteiger partial charge in [0.25, 0.3) is 11.7 Å². The quantitative estimate of drug-likeness (QED) is 0.770. The van der Waals surface area contributed by atoms with Gasteiger partial charge in [0.15, 0.2) is 0 Å². The molecule has 0 fully saturated rings. The predicted molar refractivity (Wildman–Crippen MR) is 74.7 cm³/mol. The summed E-state index contributed by atoms with van der Waals surface area (Å²) in [5.41, 5.74) is 3.02. The normalized spacial score (nSPS) is 10.7. The van der Waals surface area contributed by atoms with Crippen LogP contribution in [0.3, 0.4) is 0 Å². The Kier molecular flexibility index (Phi) is 2.90. The molecule has 2 aromatic heterocycles. The summed E-state index contributed by atoms with van der Waals surface area (Å²) in [6.07, 6.45) is 3.30. The molecule has 100 valence electrons. The fourth-order valence-corrected chi connectivity index (χ4v) is 1.84. The molecule has 6 nitrogen and oxygen atoms in total. The molecule has 3 aromatic rings. The molecule has 6 heteroatoms. The van der Waals surface area contributed by atoms with E-state index in [1.54, 1.807) is 18.5 Å². The molecule has 1 amide bonds. The lowest BCUT2D eigenvalue weighted by atomic mass is 10.1. The Balaban J connectivity index is 1.86. The van der Waals surface area contributed by atoms with Crippen molar-refractivity contribution in [1.29, 1.82) is 0 Å². The molecule has 1 aromatic carbocycles. The number of amides is 1. The van der Waals surface area contributed by atoms with Crippen LogP contribution in [0, 0.1) is 13.8 Å². The lowest BCUT2D eigenvalue weighted by molar-refractivity contribution is 0.101. The molecule has 0 radical (unpaired) electrons. The first-order chi connectivity index (χ1) is 9.63. The summed E-state index contributed by atoms with van der Waals surface area (Å²) in [7, 11) is 0. The van der Waals surface area contributed by atoms with Gasteiger partial charge in [-0.1, -0.05) is 6.07 Å². The minimum absolute atomic E-state index is 0.0990. The minimum atomic E-state index is -0.348. The van der Waals surface area contributed by atoms with E-state index in [1.165, 1.54) is 10.1 Å². The van der Waals surface area contributed by atoms with E-state index in [0.717, 1.165) is 11.3 Å². The number of aromatic nitrogens is 4. The molecule has 0 aliphatic carbocycles. The molecule has 0 saturated heterocycles. The van der Waals surface area contributed by atoms with Crippen molar-refractivity contribution in [3.63, 3.8) is 0 Å². The van der Waals surface area contributed by atoms with E-state index in [4.69, 9.17) is 0 Å². The zero-order valence-electron chi connectivity index (χ0n) is 11.2. The predicted octanol–water partition coefficient (Wildman–Crippen LogP) is 1.99. The van der Waals surface area contributed by atoms with Crippen LogP contribution in [0.5, 0.6) is 0 Å². The zero-order valence-corrected chi connectivity index (χ0v) is 11.2. The highest BCUT2D eigenvalue weighted by Gasteiger charge is 2.13. The SMILES string of the molecule is Cc1ccc(NC(=O)c2nc3ncccn3n2)cc1C. The summed E-state index contributed by atoms with van der Waals surface area (Å²) < 4.78 is 1.47. The number of benzene rings is 1. The lowest BCUT2D eigenvalue weighted by Crippen LogP contribution is -2.14.